The van der Waals surface area contributed by atoms with Gasteiger partial charge >= 0.3 is 0 Å². The Morgan fingerprint density at radius 1 is 1.24 bits per heavy atom. The van der Waals surface area contributed by atoms with Gasteiger partial charge in [-0.1, -0.05) is 31.2 Å². The lowest BCUT2D eigenvalue weighted by Gasteiger charge is -2.36. The molecule has 0 radical (unpaired) electrons. The molecule has 1 aromatic carbocycles. The molecule has 0 spiro atoms. The Labute approximate surface area is 104 Å². The van der Waals surface area contributed by atoms with Gasteiger partial charge < -0.3 is 10.4 Å². The minimum absolute atomic E-state index is 0.0615. The van der Waals surface area contributed by atoms with Crippen LogP contribution >= 0.6 is 0 Å². The van der Waals surface area contributed by atoms with Crippen molar-refractivity contribution in [2.45, 2.75) is 32.6 Å². The van der Waals surface area contributed by atoms with Gasteiger partial charge in [0.25, 0.3) is 0 Å². The van der Waals surface area contributed by atoms with E-state index in [4.69, 9.17) is 0 Å². The molecule has 2 rings (SSSR count). The third-order valence-corrected chi connectivity index (χ3v) is 3.91. The topological polar surface area (TPSA) is 32.3 Å². The molecule has 0 aliphatic carbocycles. The van der Waals surface area contributed by atoms with E-state index in [0.717, 1.165) is 32.4 Å². The molecule has 2 N–H and O–H groups in total. The normalized spacial score (nSPS) is 24.8. The van der Waals surface area contributed by atoms with E-state index in [1.807, 2.05) is 0 Å². The second-order valence-electron chi connectivity index (χ2n) is 5.29. The average molecular weight is 233 g/mol. The summed E-state index contributed by atoms with van der Waals surface area (Å²) in [7, 11) is 0. The van der Waals surface area contributed by atoms with E-state index in [-0.39, 0.29) is 12.0 Å². The molecule has 1 saturated heterocycles. The summed E-state index contributed by atoms with van der Waals surface area (Å²) in [4.78, 5) is 0. The highest BCUT2D eigenvalue weighted by Crippen LogP contribution is 2.30. The molecule has 1 fully saturated rings. The zero-order chi connectivity index (χ0) is 12.1. The lowest BCUT2D eigenvalue weighted by molar-refractivity contribution is 0.0948. The maximum Gasteiger partial charge on any atom is 0.0502 e. The number of hydrogen-bond acceptors (Lipinski definition) is 2. The van der Waals surface area contributed by atoms with Crippen molar-refractivity contribution in [2.75, 3.05) is 19.7 Å². The molecule has 0 amide bonds. The fraction of sp³-hybridized carbons (Fsp3) is 0.600. The zero-order valence-electron chi connectivity index (χ0n) is 10.7. The first kappa shape index (κ1) is 12.6. The number of aliphatic hydroxyl groups excluding tert-OH is 1. The Morgan fingerprint density at radius 2 is 1.94 bits per heavy atom. The van der Waals surface area contributed by atoms with Crippen LogP contribution < -0.4 is 5.32 Å². The quantitative estimate of drug-likeness (QED) is 0.835. The monoisotopic (exact) mass is 233 g/mol. The number of nitrogens with one attached hydrogen (secondary N) is 1. The van der Waals surface area contributed by atoms with Crippen LogP contribution in [0.25, 0.3) is 0 Å². The predicted molar refractivity (Wildman–Crippen MR) is 71.1 cm³/mol. The largest absolute Gasteiger partial charge is 0.396 e. The van der Waals surface area contributed by atoms with E-state index >= 15 is 0 Å². The van der Waals surface area contributed by atoms with Crippen molar-refractivity contribution in [3.8, 4) is 0 Å². The first-order chi connectivity index (χ1) is 8.28. The van der Waals surface area contributed by atoms with Crippen molar-refractivity contribution >= 4 is 0 Å². The molecule has 1 atom stereocenters. The number of rotatable bonds is 4. The highest BCUT2D eigenvalue weighted by molar-refractivity contribution is 5.23. The number of aryl methyl sites for hydroxylation is 1. The van der Waals surface area contributed by atoms with Crippen molar-refractivity contribution in [3.63, 3.8) is 0 Å². The Bertz CT molecular complexity index is 338. The van der Waals surface area contributed by atoms with Crippen LogP contribution in [-0.2, 0) is 12.8 Å². The van der Waals surface area contributed by atoms with E-state index in [1.165, 1.54) is 17.5 Å². The van der Waals surface area contributed by atoms with Gasteiger partial charge in [0, 0.05) is 12.0 Å². The van der Waals surface area contributed by atoms with Gasteiger partial charge in [0.2, 0.25) is 0 Å². The van der Waals surface area contributed by atoms with Crippen molar-refractivity contribution < 1.29 is 5.11 Å². The summed E-state index contributed by atoms with van der Waals surface area (Å²) >= 11 is 0. The van der Waals surface area contributed by atoms with Gasteiger partial charge in [0.15, 0.2) is 0 Å². The molecule has 0 saturated carbocycles. The molecule has 17 heavy (non-hydrogen) atoms. The summed E-state index contributed by atoms with van der Waals surface area (Å²) < 4.78 is 0. The molecule has 2 nitrogen and oxygen atoms in total. The third-order valence-electron chi connectivity index (χ3n) is 3.91. The predicted octanol–water partition coefficient (Wildman–Crippen LogP) is 2.15. The number of hydrogen-bond donors (Lipinski definition) is 2. The summed E-state index contributed by atoms with van der Waals surface area (Å²) in [6.07, 6.45) is 4.38. The molecule has 1 unspecified atom stereocenters. The van der Waals surface area contributed by atoms with Gasteiger partial charge in [-0.3, -0.25) is 0 Å². The first-order valence-electron chi connectivity index (χ1n) is 6.67. The Morgan fingerprint density at radius 3 is 2.47 bits per heavy atom. The van der Waals surface area contributed by atoms with E-state index in [9.17, 15) is 5.11 Å². The zero-order valence-corrected chi connectivity index (χ0v) is 10.7. The van der Waals surface area contributed by atoms with Crippen LogP contribution in [0.4, 0.5) is 0 Å². The van der Waals surface area contributed by atoms with Crippen molar-refractivity contribution in [1.82, 2.24) is 5.32 Å². The molecular formula is C15H23NO. The molecule has 0 bridgehead atoms. The fourth-order valence-electron chi connectivity index (χ4n) is 2.70. The number of aliphatic hydroxyl groups is 1. The Balaban J connectivity index is 2.06. The maximum atomic E-state index is 9.66. The number of benzene rings is 1. The molecule has 1 aromatic rings. The third kappa shape index (κ3) is 3.08. The summed E-state index contributed by atoms with van der Waals surface area (Å²) in [5.41, 5.74) is 2.79. The van der Waals surface area contributed by atoms with Gasteiger partial charge in [-0.25, -0.2) is 0 Å². The second-order valence-corrected chi connectivity index (χ2v) is 5.29. The van der Waals surface area contributed by atoms with Crippen molar-refractivity contribution in [1.29, 1.82) is 0 Å². The fourth-order valence-corrected chi connectivity index (χ4v) is 2.70. The lowest BCUT2D eigenvalue weighted by atomic mass is 9.76. The number of piperidine rings is 1. The van der Waals surface area contributed by atoms with Crippen LogP contribution in [0.15, 0.2) is 24.3 Å². The average Bonchev–Trinajstić information content (AvgIpc) is 2.41. The van der Waals surface area contributed by atoms with Gasteiger partial charge in [-0.2, -0.15) is 0 Å². The molecular weight excluding hydrogens is 210 g/mol. The summed E-state index contributed by atoms with van der Waals surface area (Å²) in [6, 6.07) is 8.84. The smallest absolute Gasteiger partial charge is 0.0502 e. The molecule has 1 aliphatic heterocycles. The second kappa shape index (κ2) is 5.65. The van der Waals surface area contributed by atoms with Gasteiger partial charge in [-0.15, -0.1) is 0 Å². The Kier molecular flexibility index (Phi) is 4.19. The van der Waals surface area contributed by atoms with Crippen molar-refractivity contribution in [3.05, 3.63) is 35.4 Å². The van der Waals surface area contributed by atoms with E-state index in [2.05, 4.69) is 36.5 Å². The minimum atomic E-state index is 0.0615. The summed E-state index contributed by atoms with van der Waals surface area (Å²) in [6.45, 7) is 4.50. The Hall–Kier alpha value is -0.860. The van der Waals surface area contributed by atoms with Gasteiger partial charge in [0.05, 0.1) is 6.61 Å². The minimum Gasteiger partial charge on any atom is -0.396 e. The molecule has 2 heteroatoms. The van der Waals surface area contributed by atoms with Crippen molar-refractivity contribution in [2.24, 2.45) is 5.41 Å². The van der Waals surface area contributed by atoms with Gasteiger partial charge in [0.1, 0.15) is 0 Å². The lowest BCUT2D eigenvalue weighted by Crippen LogP contribution is -2.44. The summed E-state index contributed by atoms with van der Waals surface area (Å²) in [5, 5.41) is 13.1. The SMILES string of the molecule is CCc1ccc(CC2(CO)CCCNC2)cc1. The van der Waals surface area contributed by atoms with Gasteiger partial charge in [-0.05, 0) is 43.4 Å². The molecule has 1 aliphatic rings. The molecule has 1 heterocycles. The van der Waals surface area contributed by atoms with Crippen LogP contribution in [0, 0.1) is 5.41 Å². The van der Waals surface area contributed by atoms with E-state index in [0.29, 0.717) is 0 Å². The van der Waals surface area contributed by atoms with Crippen LogP contribution in [0.2, 0.25) is 0 Å². The highest BCUT2D eigenvalue weighted by Gasteiger charge is 2.31. The highest BCUT2D eigenvalue weighted by atomic mass is 16.3. The first-order valence-corrected chi connectivity index (χ1v) is 6.67. The van der Waals surface area contributed by atoms with Crippen LogP contribution in [0.1, 0.15) is 30.9 Å². The summed E-state index contributed by atoms with van der Waals surface area (Å²) in [5.74, 6) is 0. The maximum absolute atomic E-state index is 9.66. The van der Waals surface area contributed by atoms with Crippen LogP contribution in [-0.4, -0.2) is 24.8 Å². The standard InChI is InChI=1S/C15H23NO/c1-2-13-4-6-14(7-5-13)10-15(12-17)8-3-9-16-11-15/h4-7,16-17H,2-3,8-12H2,1H3. The van der Waals surface area contributed by atoms with E-state index in [1.54, 1.807) is 0 Å². The van der Waals surface area contributed by atoms with E-state index < -0.39 is 0 Å². The molecule has 94 valence electrons. The van der Waals surface area contributed by atoms with Crippen LogP contribution in [0.3, 0.4) is 0 Å². The van der Waals surface area contributed by atoms with Crippen LogP contribution in [0.5, 0.6) is 0 Å². The molecule has 0 aromatic heterocycles.